The van der Waals surface area contributed by atoms with Crippen LogP contribution in [0.5, 0.6) is 17.2 Å². The monoisotopic (exact) mass is 432 g/mol. The number of hydrogen-bond acceptors (Lipinski definition) is 5. The molecule has 3 rings (SSSR count). The smallest absolute Gasteiger partial charge is 0.201 e. The fourth-order valence-electron chi connectivity index (χ4n) is 2.55. The molecule has 0 bridgehead atoms. The third-order valence-corrected chi connectivity index (χ3v) is 4.91. The molecule has 3 aromatic rings. The number of ether oxygens (including phenoxy) is 2. The summed E-state index contributed by atoms with van der Waals surface area (Å²) in [5, 5.41) is 0.233. The lowest BCUT2D eigenvalue weighted by Crippen LogP contribution is -2.10. The number of benzene rings is 3. The minimum atomic E-state index is 0.233. The second-order valence-electron chi connectivity index (χ2n) is 6.00. The first-order valence-electron chi connectivity index (χ1n) is 8.39. The Kier molecular flexibility index (Phi) is 6.62. The highest BCUT2D eigenvalue weighted by Gasteiger charge is 2.14. The molecule has 0 aliphatic carbocycles. The third-order valence-electron chi connectivity index (χ3n) is 3.99. The summed E-state index contributed by atoms with van der Waals surface area (Å²) in [4.78, 5) is 0. The van der Waals surface area contributed by atoms with Crippen molar-refractivity contribution in [1.82, 2.24) is 0 Å². The van der Waals surface area contributed by atoms with Crippen LogP contribution in [-0.2, 0) is 11.8 Å². The van der Waals surface area contributed by atoms with Crippen LogP contribution in [0.4, 0.5) is 11.4 Å². The lowest BCUT2D eigenvalue weighted by atomic mass is 10.2. The van der Waals surface area contributed by atoms with Crippen LogP contribution in [0.15, 0.2) is 60.7 Å². The summed E-state index contributed by atoms with van der Waals surface area (Å²) in [6.07, 6.45) is 0. The van der Waals surface area contributed by atoms with Gasteiger partial charge in [0, 0.05) is 11.8 Å². The molecule has 0 fully saturated rings. The molecule has 28 heavy (non-hydrogen) atoms. The van der Waals surface area contributed by atoms with Crippen molar-refractivity contribution in [3.05, 3.63) is 77.4 Å². The van der Waals surface area contributed by atoms with Gasteiger partial charge in [-0.25, -0.2) is 0 Å². The van der Waals surface area contributed by atoms with E-state index in [4.69, 9.17) is 56.4 Å². The predicted octanol–water partition coefficient (Wildman–Crippen LogP) is 5.88. The summed E-state index contributed by atoms with van der Waals surface area (Å²) >= 11 is 17.1. The predicted molar refractivity (Wildman–Crippen MR) is 120 cm³/mol. The average molecular weight is 433 g/mol. The molecule has 0 radical (unpaired) electrons. The molecule has 4 nitrogen and oxygen atoms in total. The third kappa shape index (κ3) is 4.68. The number of rotatable bonds is 6. The molecular formula is C21H18Cl2N2O2S. The molecule has 144 valence electrons. The van der Waals surface area contributed by atoms with Crippen LogP contribution in [0.25, 0.3) is 0 Å². The van der Waals surface area contributed by atoms with Gasteiger partial charge in [-0.2, -0.15) is 0 Å². The molecule has 0 aliphatic rings. The van der Waals surface area contributed by atoms with E-state index in [9.17, 15) is 0 Å². The molecule has 4 N–H and O–H groups in total. The van der Waals surface area contributed by atoms with Crippen LogP contribution in [0, 0.1) is 0 Å². The quantitative estimate of drug-likeness (QED) is 0.289. The Labute approximate surface area is 179 Å². The minimum Gasteiger partial charge on any atom is -0.454 e. The summed E-state index contributed by atoms with van der Waals surface area (Å²) < 4.78 is 11.8. The first-order chi connectivity index (χ1) is 13.5. The Bertz CT molecular complexity index is 1010. The van der Waals surface area contributed by atoms with Gasteiger partial charge in [0.1, 0.15) is 11.5 Å². The maximum Gasteiger partial charge on any atom is 0.201 e. The summed E-state index contributed by atoms with van der Waals surface area (Å²) in [7, 11) is 0. The van der Waals surface area contributed by atoms with Gasteiger partial charge in [-0.15, -0.1) is 23.2 Å². The number of nitrogens with two attached hydrogens (primary N) is 2. The van der Waals surface area contributed by atoms with Gasteiger partial charge >= 0.3 is 0 Å². The summed E-state index contributed by atoms with van der Waals surface area (Å²) in [5.74, 6) is 2.24. The molecule has 0 atom stereocenters. The van der Waals surface area contributed by atoms with Crippen LogP contribution in [0.2, 0.25) is 0 Å². The number of halogens is 2. The first kappa shape index (κ1) is 20.3. The second kappa shape index (κ2) is 9.15. The first-order valence-corrected chi connectivity index (χ1v) is 9.87. The Morgan fingerprint density at radius 1 is 0.786 bits per heavy atom. The summed E-state index contributed by atoms with van der Waals surface area (Å²) in [5.41, 5.74) is 15.5. The highest BCUT2D eigenvalue weighted by Crippen LogP contribution is 2.32. The Hall–Kier alpha value is -2.47. The van der Waals surface area contributed by atoms with Crippen LogP contribution in [-0.4, -0.2) is 5.05 Å². The Morgan fingerprint density at radius 2 is 1.36 bits per heavy atom. The second-order valence-corrected chi connectivity index (χ2v) is 6.90. The zero-order valence-electron chi connectivity index (χ0n) is 14.8. The van der Waals surface area contributed by atoms with Gasteiger partial charge in [0.05, 0.1) is 16.9 Å². The summed E-state index contributed by atoms with van der Waals surface area (Å²) in [6.45, 7) is 0. The topological polar surface area (TPSA) is 70.5 Å². The number of para-hydroxylation sites is 1. The van der Waals surface area contributed by atoms with Crippen LogP contribution in [0.3, 0.4) is 0 Å². The van der Waals surface area contributed by atoms with E-state index in [0.29, 0.717) is 45.9 Å². The summed E-state index contributed by atoms with van der Waals surface area (Å²) in [6, 6.07) is 18.0. The molecule has 0 amide bonds. The SMILES string of the molecule is Nc1cc(CCl)ccc1OC(=S)c1ccccc1Oc1ccc(CCl)cc1N. The van der Waals surface area contributed by atoms with E-state index in [1.807, 2.05) is 30.3 Å². The number of hydrogen-bond donors (Lipinski definition) is 2. The van der Waals surface area contributed by atoms with Crippen molar-refractivity contribution in [1.29, 1.82) is 0 Å². The molecule has 0 unspecified atom stereocenters. The number of thiocarbonyl (C=S) groups is 1. The lowest BCUT2D eigenvalue weighted by Gasteiger charge is -2.15. The van der Waals surface area contributed by atoms with E-state index in [-0.39, 0.29) is 5.05 Å². The highest BCUT2D eigenvalue weighted by molar-refractivity contribution is 7.80. The van der Waals surface area contributed by atoms with Crippen LogP contribution < -0.4 is 20.9 Å². The molecule has 3 aromatic carbocycles. The van der Waals surface area contributed by atoms with Crippen molar-refractivity contribution in [2.75, 3.05) is 11.5 Å². The van der Waals surface area contributed by atoms with E-state index in [1.54, 1.807) is 30.3 Å². The van der Waals surface area contributed by atoms with E-state index in [2.05, 4.69) is 0 Å². The molecule has 0 saturated carbocycles. The van der Waals surface area contributed by atoms with Gasteiger partial charge in [0.15, 0.2) is 5.75 Å². The van der Waals surface area contributed by atoms with Gasteiger partial charge < -0.3 is 20.9 Å². The van der Waals surface area contributed by atoms with E-state index in [1.165, 1.54) is 0 Å². The maximum absolute atomic E-state index is 6.07. The average Bonchev–Trinajstić information content (AvgIpc) is 2.71. The van der Waals surface area contributed by atoms with Crippen molar-refractivity contribution < 1.29 is 9.47 Å². The van der Waals surface area contributed by atoms with Gasteiger partial charge in [0.25, 0.3) is 0 Å². The number of nitrogen functional groups attached to an aromatic ring is 2. The molecule has 0 heterocycles. The largest absolute Gasteiger partial charge is 0.454 e. The number of anilines is 2. The molecule has 0 aliphatic heterocycles. The van der Waals surface area contributed by atoms with Gasteiger partial charge in [-0.3, -0.25) is 0 Å². The minimum absolute atomic E-state index is 0.233. The van der Waals surface area contributed by atoms with Gasteiger partial charge in [-0.1, -0.05) is 24.3 Å². The van der Waals surface area contributed by atoms with Crippen molar-refractivity contribution in [2.24, 2.45) is 0 Å². The fourth-order valence-corrected chi connectivity index (χ4v) is 3.14. The van der Waals surface area contributed by atoms with Crippen molar-refractivity contribution in [2.45, 2.75) is 11.8 Å². The molecule has 0 aromatic heterocycles. The Morgan fingerprint density at radius 3 is 1.93 bits per heavy atom. The fraction of sp³-hybridized carbons (Fsp3) is 0.0952. The molecule has 7 heteroatoms. The van der Waals surface area contributed by atoms with Crippen LogP contribution in [0.1, 0.15) is 16.7 Å². The lowest BCUT2D eigenvalue weighted by molar-refractivity contribution is 0.480. The Balaban J connectivity index is 1.84. The zero-order valence-corrected chi connectivity index (χ0v) is 17.2. The van der Waals surface area contributed by atoms with Gasteiger partial charge in [0.2, 0.25) is 5.05 Å². The van der Waals surface area contributed by atoms with Crippen LogP contribution >= 0.6 is 35.4 Å². The van der Waals surface area contributed by atoms with Crippen molar-refractivity contribution >= 4 is 51.8 Å². The van der Waals surface area contributed by atoms with Crippen molar-refractivity contribution in [3.63, 3.8) is 0 Å². The highest BCUT2D eigenvalue weighted by atomic mass is 35.5. The van der Waals surface area contributed by atoms with E-state index < -0.39 is 0 Å². The number of alkyl halides is 2. The zero-order chi connectivity index (χ0) is 20.1. The van der Waals surface area contributed by atoms with E-state index >= 15 is 0 Å². The normalized spacial score (nSPS) is 10.5. The van der Waals surface area contributed by atoms with E-state index in [0.717, 1.165) is 11.1 Å². The molecular weight excluding hydrogens is 415 g/mol. The maximum atomic E-state index is 6.07. The standard InChI is InChI=1S/C21H18Cl2N2O2S/c22-11-13-5-7-19(16(24)9-13)26-18-4-2-1-3-15(18)21(28)27-20-8-6-14(12-23)10-17(20)25/h1-10H,11-12,24-25H2. The molecule has 0 saturated heterocycles. The van der Waals surface area contributed by atoms with Crippen molar-refractivity contribution in [3.8, 4) is 17.2 Å². The van der Waals surface area contributed by atoms with Gasteiger partial charge in [-0.05, 0) is 59.7 Å². The molecule has 0 spiro atoms.